The van der Waals surface area contributed by atoms with Crippen molar-refractivity contribution in [3.63, 3.8) is 0 Å². The zero-order valence-electron chi connectivity index (χ0n) is 8.15. The molecule has 0 aliphatic heterocycles. The van der Waals surface area contributed by atoms with Crippen LogP contribution < -0.4 is 5.73 Å². The van der Waals surface area contributed by atoms with Gasteiger partial charge >= 0.3 is 0 Å². The van der Waals surface area contributed by atoms with Gasteiger partial charge in [-0.05, 0) is 23.6 Å². The minimum Gasteiger partial charge on any atom is -0.505 e. The molecule has 0 saturated carbocycles. The zero-order chi connectivity index (χ0) is 11.7. The van der Waals surface area contributed by atoms with Crippen LogP contribution in [0.15, 0.2) is 29.6 Å². The molecule has 0 amide bonds. The fourth-order valence-corrected chi connectivity index (χ4v) is 2.47. The first-order chi connectivity index (χ1) is 7.61. The molecule has 0 aliphatic rings. The normalized spacial score (nSPS) is 12.7. The quantitative estimate of drug-likeness (QED) is 0.867. The standard InChI is InChI=1S/C11H9ClFNOS/c12-6-3-4-7(13)11(15)9(6)10(14)8-2-1-5-16-8/h1-5,10,15H,14H2/t10-/m1/s1. The van der Waals surface area contributed by atoms with Gasteiger partial charge in [0.15, 0.2) is 11.6 Å². The molecule has 1 heterocycles. The lowest BCUT2D eigenvalue weighted by molar-refractivity contribution is 0.424. The van der Waals surface area contributed by atoms with Gasteiger partial charge < -0.3 is 10.8 Å². The summed E-state index contributed by atoms with van der Waals surface area (Å²) in [4.78, 5) is 0.822. The van der Waals surface area contributed by atoms with Crippen molar-refractivity contribution >= 4 is 22.9 Å². The highest BCUT2D eigenvalue weighted by Gasteiger charge is 2.20. The van der Waals surface area contributed by atoms with Crippen molar-refractivity contribution in [3.05, 3.63) is 50.9 Å². The molecule has 0 unspecified atom stereocenters. The van der Waals surface area contributed by atoms with Crippen LogP contribution in [0.5, 0.6) is 5.75 Å². The van der Waals surface area contributed by atoms with Crippen LogP contribution in [0.1, 0.15) is 16.5 Å². The number of hydrogen-bond acceptors (Lipinski definition) is 3. The number of aromatic hydroxyl groups is 1. The van der Waals surface area contributed by atoms with Crippen molar-refractivity contribution in [2.45, 2.75) is 6.04 Å². The summed E-state index contributed by atoms with van der Waals surface area (Å²) >= 11 is 7.34. The molecule has 16 heavy (non-hydrogen) atoms. The maximum atomic E-state index is 13.2. The number of thiophene rings is 1. The second-order valence-corrected chi connectivity index (χ2v) is 4.67. The summed E-state index contributed by atoms with van der Waals surface area (Å²) in [6.45, 7) is 0. The van der Waals surface area contributed by atoms with Gasteiger partial charge in [0.1, 0.15) is 0 Å². The van der Waals surface area contributed by atoms with E-state index in [1.165, 1.54) is 17.4 Å². The van der Waals surface area contributed by atoms with Gasteiger partial charge in [0.2, 0.25) is 0 Å². The van der Waals surface area contributed by atoms with Gasteiger partial charge in [0.25, 0.3) is 0 Å². The Morgan fingerprint density at radius 3 is 2.75 bits per heavy atom. The minimum absolute atomic E-state index is 0.226. The Morgan fingerprint density at radius 1 is 1.38 bits per heavy atom. The number of benzene rings is 1. The number of nitrogens with two attached hydrogens (primary N) is 1. The SMILES string of the molecule is N[C@H](c1cccs1)c1c(Cl)ccc(F)c1O. The third-order valence-electron chi connectivity index (χ3n) is 2.28. The van der Waals surface area contributed by atoms with Gasteiger partial charge in [-0.15, -0.1) is 11.3 Å². The smallest absolute Gasteiger partial charge is 0.165 e. The van der Waals surface area contributed by atoms with Gasteiger partial charge in [0, 0.05) is 15.5 Å². The Balaban J connectivity index is 2.52. The van der Waals surface area contributed by atoms with E-state index in [9.17, 15) is 9.50 Å². The molecule has 2 nitrogen and oxygen atoms in total. The summed E-state index contributed by atoms with van der Waals surface area (Å²) in [6, 6.07) is 5.55. The van der Waals surface area contributed by atoms with Gasteiger partial charge in [-0.2, -0.15) is 0 Å². The van der Waals surface area contributed by atoms with E-state index in [-0.39, 0.29) is 10.6 Å². The highest BCUT2D eigenvalue weighted by Crippen LogP contribution is 2.36. The van der Waals surface area contributed by atoms with Crippen LogP contribution in [0.25, 0.3) is 0 Å². The Labute approximate surface area is 101 Å². The van der Waals surface area contributed by atoms with Crippen molar-refractivity contribution in [1.82, 2.24) is 0 Å². The zero-order valence-corrected chi connectivity index (χ0v) is 9.73. The monoisotopic (exact) mass is 257 g/mol. The van der Waals surface area contributed by atoms with E-state index in [0.717, 1.165) is 10.9 Å². The Morgan fingerprint density at radius 2 is 2.12 bits per heavy atom. The Kier molecular flexibility index (Phi) is 3.14. The van der Waals surface area contributed by atoms with E-state index in [0.29, 0.717) is 0 Å². The lowest BCUT2D eigenvalue weighted by Crippen LogP contribution is -2.11. The summed E-state index contributed by atoms with van der Waals surface area (Å²) in [5.74, 6) is -1.19. The van der Waals surface area contributed by atoms with E-state index >= 15 is 0 Å². The number of hydrogen-bond donors (Lipinski definition) is 2. The number of phenolic OH excluding ortho intramolecular Hbond substituents is 1. The highest BCUT2D eigenvalue weighted by molar-refractivity contribution is 7.10. The van der Waals surface area contributed by atoms with Crippen LogP contribution in [-0.4, -0.2) is 5.11 Å². The van der Waals surface area contributed by atoms with Crippen molar-refractivity contribution in [2.24, 2.45) is 5.73 Å². The molecule has 0 aliphatic carbocycles. The van der Waals surface area contributed by atoms with E-state index in [1.807, 2.05) is 17.5 Å². The molecule has 1 atom stereocenters. The van der Waals surface area contributed by atoms with Gasteiger partial charge in [-0.3, -0.25) is 0 Å². The molecular weight excluding hydrogens is 249 g/mol. The lowest BCUT2D eigenvalue weighted by atomic mass is 10.0. The van der Waals surface area contributed by atoms with E-state index < -0.39 is 17.6 Å². The average molecular weight is 258 g/mol. The van der Waals surface area contributed by atoms with E-state index in [4.69, 9.17) is 17.3 Å². The molecule has 0 fully saturated rings. The van der Waals surface area contributed by atoms with Crippen LogP contribution in [0.2, 0.25) is 5.02 Å². The molecule has 0 bridgehead atoms. The molecule has 2 aromatic rings. The predicted octanol–water partition coefficient (Wildman–Crippen LogP) is 3.29. The number of rotatable bonds is 2. The van der Waals surface area contributed by atoms with Gasteiger partial charge in [0.05, 0.1) is 6.04 Å². The molecule has 5 heteroatoms. The van der Waals surface area contributed by atoms with Crippen molar-refractivity contribution in [1.29, 1.82) is 0 Å². The van der Waals surface area contributed by atoms with Crippen LogP contribution in [0, 0.1) is 5.82 Å². The average Bonchev–Trinajstić information content (AvgIpc) is 2.77. The second-order valence-electron chi connectivity index (χ2n) is 3.28. The maximum absolute atomic E-state index is 13.2. The first-order valence-corrected chi connectivity index (χ1v) is 5.83. The van der Waals surface area contributed by atoms with E-state index in [2.05, 4.69) is 0 Å². The van der Waals surface area contributed by atoms with Crippen LogP contribution in [0.4, 0.5) is 4.39 Å². The fraction of sp³-hybridized carbons (Fsp3) is 0.0909. The summed E-state index contributed by atoms with van der Waals surface area (Å²) in [5, 5.41) is 11.7. The Hall–Kier alpha value is -1.10. The summed E-state index contributed by atoms with van der Waals surface area (Å²) in [6.07, 6.45) is 0. The second kappa shape index (κ2) is 4.41. The highest BCUT2D eigenvalue weighted by atomic mass is 35.5. The topological polar surface area (TPSA) is 46.2 Å². The van der Waals surface area contributed by atoms with Gasteiger partial charge in [-0.1, -0.05) is 17.7 Å². The summed E-state index contributed by atoms with van der Waals surface area (Å²) in [5.41, 5.74) is 6.16. The number of halogens is 2. The molecule has 0 saturated heterocycles. The van der Waals surface area contributed by atoms with Crippen molar-refractivity contribution in [2.75, 3.05) is 0 Å². The summed E-state index contributed by atoms with van der Waals surface area (Å²) in [7, 11) is 0. The molecule has 2 rings (SSSR count). The largest absolute Gasteiger partial charge is 0.505 e. The number of phenols is 1. The van der Waals surface area contributed by atoms with Crippen LogP contribution in [-0.2, 0) is 0 Å². The predicted molar refractivity (Wildman–Crippen MR) is 63.4 cm³/mol. The molecule has 0 spiro atoms. The van der Waals surface area contributed by atoms with Crippen molar-refractivity contribution in [3.8, 4) is 5.75 Å². The molecular formula is C11H9ClFNOS. The van der Waals surface area contributed by atoms with E-state index in [1.54, 1.807) is 0 Å². The molecule has 84 valence electrons. The molecule has 3 N–H and O–H groups in total. The molecule has 0 radical (unpaired) electrons. The lowest BCUT2D eigenvalue weighted by Gasteiger charge is -2.14. The van der Waals surface area contributed by atoms with Gasteiger partial charge in [-0.25, -0.2) is 4.39 Å². The fourth-order valence-electron chi connectivity index (χ4n) is 1.46. The first-order valence-electron chi connectivity index (χ1n) is 4.57. The third-order valence-corrected chi connectivity index (χ3v) is 3.56. The van der Waals surface area contributed by atoms with Crippen LogP contribution >= 0.6 is 22.9 Å². The first kappa shape index (κ1) is 11.4. The minimum atomic E-state index is -0.716. The van der Waals surface area contributed by atoms with Crippen molar-refractivity contribution < 1.29 is 9.50 Å². The molecule has 1 aromatic carbocycles. The van der Waals surface area contributed by atoms with Crippen LogP contribution in [0.3, 0.4) is 0 Å². The summed E-state index contributed by atoms with van der Waals surface area (Å²) < 4.78 is 13.2. The molecule has 1 aromatic heterocycles. The Bertz CT molecular complexity index is 501. The third kappa shape index (κ3) is 1.91. The maximum Gasteiger partial charge on any atom is 0.165 e.